The molecule has 0 saturated carbocycles. The molecule has 5 nitrogen and oxygen atoms in total. The Labute approximate surface area is 113 Å². The standard InChI is InChI=1S/C14H20N2O3/c1-11-9-13(10-17)12(2)16(11)4-3-14(18)15-5-7-19-8-6-15/h9-10H,3-8H2,1-2H3. The van der Waals surface area contributed by atoms with Gasteiger partial charge in [-0.15, -0.1) is 0 Å². The van der Waals surface area contributed by atoms with Crippen LogP contribution in [-0.4, -0.2) is 48.0 Å². The largest absolute Gasteiger partial charge is 0.378 e. The zero-order valence-corrected chi connectivity index (χ0v) is 11.5. The molecule has 19 heavy (non-hydrogen) atoms. The third-order valence-corrected chi connectivity index (χ3v) is 3.65. The second-order valence-corrected chi connectivity index (χ2v) is 4.84. The summed E-state index contributed by atoms with van der Waals surface area (Å²) in [5.74, 6) is 0.156. The van der Waals surface area contributed by atoms with Gasteiger partial charge in [-0.2, -0.15) is 0 Å². The number of morpholine rings is 1. The third-order valence-electron chi connectivity index (χ3n) is 3.65. The lowest BCUT2D eigenvalue weighted by Gasteiger charge is -2.27. The zero-order valence-electron chi connectivity index (χ0n) is 11.5. The number of hydrogen-bond donors (Lipinski definition) is 0. The number of rotatable bonds is 4. The fraction of sp³-hybridized carbons (Fsp3) is 0.571. The molecular formula is C14H20N2O3. The summed E-state index contributed by atoms with van der Waals surface area (Å²) in [6.07, 6.45) is 1.33. The molecule has 0 spiro atoms. The average molecular weight is 264 g/mol. The fourth-order valence-corrected chi connectivity index (χ4v) is 2.47. The maximum Gasteiger partial charge on any atom is 0.224 e. The van der Waals surface area contributed by atoms with Gasteiger partial charge in [-0.05, 0) is 19.9 Å². The molecule has 1 amide bonds. The van der Waals surface area contributed by atoms with Crippen LogP contribution in [-0.2, 0) is 16.1 Å². The van der Waals surface area contributed by atoms with Crippen LogP contribution in [0.1, 0.15) is 28.2 Å². The predicted octanol–water partition coefficient (Wildman–Crippen LogP) is 1.17. The van der Waals surface area contributed by atoms with Gasteiger partial charge in [-0.3, -0.25) is 9.59 Å². The number of carbonyl (C=O) groups excluding carboxylic acids is 2. The number of ether oxygens (including phenoxy) is 1. The molecule has 2 heterocycles. The lowest BCUT2D eigenvalue weighted by atomic mass is 10.3. The highest BCUT2D eigenvalue weighted by molar-refractivity contribution is 5.78. The van der Waals surface area contributed by atoms with Gasteiger partial charge in [0.25, 0.3) is 0 Å². The van der Waals surface area contributed by atoms with Gasteiger partial charge in [0.05, 0.1) is 13.2 Å². The van der Waals surface area contributed by atoms with Crippen LogP contribution in [0.5, 0.6) is 0 Å². The Balaban J connectivity index is 1.96. The molecule has 1 aliphatic rings. The van der Waals surface area contributed by atoms with E-state index in [0.717, 1.165) is 17.7 Å². The number of nitrogens with zero attached hydrogens (tertiary/aromatic N) is 2. The molecular weight excluding hydrogens is 244 g/mol. The van der Waals surface area contributed by atoms with Crippen molar-refractivity contribution in [1.29, 1.82) is 0 Å². The van der Waals surface area contributed by atoms with Crippen molar-refractivity contribution in [3.05, 3.63) is 23.0 Å². The van der Waals surface area contributed by atoms with E-state index in [1.165, 1.54) is 0 Å². The van der Waals surface area contributed by atoms with Gasteiger partial charge in [-0.25, -0.2) is 0 Å². The first-order valence-corrected chi connectivity index (χ1v) is 6.61. The van der Waals surface area contributed by atoms with Crippen LogP contribution in [0.15, 0.2) is 6.07 Å². The quantitative estimate of drug-likeness (QED) is 0.767. The molecule has 1 aliphatic heterocycles. The van der Waals surface area contributed by atoms with E-state index in [0.29, 0.717) is 44.8 Å². The van der Waals surface area contributed by atoms with Crippen LogP contribution in [0.3, 0.4) is 0 Å². The Hall–Kier alpha value is -1.62. The molecule has 0 N–H and O–H groups in total. The smallest absolute Gasteiger partial charge is 0.224 e. The van der Waals surface area contributed by atoms with Crippen LogP contribution >= 0.6 is 0 Å². The van der Waals surface area contributed by atoms with Crippen molar-refractivity contribution in [2.45, 2.75) is 26.8 Å². The van der Waals surface area contributed by atoms with Gasteiger partial charge in [0.15, 0.2) is 6.29 Å². The second-order valence-electron chi connectivity index (χ2n) is 4.84. The second kappa shape index (κ2) is 6.02. The molecule has 5 heteroatoms. The number of aromatic nitrogens is 1. The van der Waals surface area contributed by atoms with Crippen LogP contribution in [0.2, 0.25) is 0 Å². The van der Waals surface area contributed by atoms with Gasteiger partial charge < -0.3 is 14.2 Å². The number of aryl methyl sites for hydroxylation is 1. The van der Waals surface area contributed by atoms with Gasteiger partial charge >= 0.3 is 0 Å². The predicted molar refractivity (Wildman–Crippen MR) is 71.3 cm³/mol. The maximum atomic E-state index is 12.1. The van der Waals surface area contributed by atoms with E-state index >= 15 is 0 Å². The molecule has 1 aromatic heterocycles. The molecule has 0 atom stereocenters. The minimum Gasteiger partial charge on any atom is -0.378 e. The van der Waals surface area contributed by atoms with Crippen molar-refractivity contribution < 1.29 is 14.3 Å². The van der Waals surface area contributed by atoms with Crippen molar-refractivity contribution in [2.75, 3.05) is 26.3 Å². The van der Waals surface area contributed by atoms with Crippen LogP contribution in [0.25, 0.3) is 0 Å². The topological polar surface area (TPSA) is 51.5 Å². The molecule has 0 aromatic carbocycles. The normalized spacial score (nSPS) is 15.6. The van der Waals surface area contributed by atoms with E-state index in [1.54, 1.807) is 0 Å². The first-order valence-electron chi connectivity index (χ1n) is 6.61. The van der Waals surface area contributed by atoms with E-state index in [9.17, 15) is 9.59 Å². The molecule has 104 valence electrons. The number of aldehydes is 1. The highest BCUT2D eigenvalue weighted by Crippen LogP contribution is 2.14. The van der Waals surface area contributed by atoms with E-state index < -0.39 is 0 Å². The summed E-state index contributed by atoms with van der Waals surface area (Å²) in [6, 6.07) is 1.86. The minimum absolute atomic E-state index is 0.156. The van der Waals surface area contributed by atoms with E-state index in [2.05, 4.69) is 0 Å². The van der Waals surface area contributed by atoms with Crippen LogP contribution in [0.4, 0.5) is 0 Å². The van der Waals surface area contributed by atoms with Crippen molar-refractivity contribution in [3.63, 3.8) is 0 Å². The van der Waals surface area contributed by atoms with Crippen LogP contribution in [0, 0.1) is 13.8 Å². The molecule has 1 fully saturated rings. The van der Waals surface area contributed by atoms with Gasteiger partial charge in [0, 0.05) is 43.0 Å². The van der Waals surface area contributed by atoms with Gasteiger partial charge in [0.2, 0.25) is 5.91 Å². The zero-order chi connectivity index (χ0) is 13.8. The summed E-state index contributed by atoms with van der Waals surface area (Å²) < 4.78 is 7.26. The monoisotopic (exact) mass is 264 g/mol. The first kappa shape index (κ1) is 13.8. The van der Waals surface area contributed by atoms with E-state index in [1.807, 2.05) is 29.4 Å². The molecule has 0 unspecified atom stereocenters. The first-order chi connectivity index (χ1) is 9.13. The molecule has 0 bridgehead atoms. The summed E-state index contributed by atoms with van der Waals surface area (Å²) in [5.41, 5.74) is 2.66. The highest BCUT2D eigenvalue weighted by Gasteiger charge is 2.17. The average Bonchev–Trinajstić information content (AvgIpc) is 2.72. The van der Waals surface area contributed by atoms with E-state index in [4.69, 9.17) is 4.74 Å². The number of hydrogen-bond acceptors (Lipinski definition) is 3. The molecule has 0 aliphatic carbocycles. The van der Waals surface area contributed by atoms with Crippen molar-refractivity contribution >= 4 is 12.2 Å². The van der Waals surface area contributed by atoms with Gasteiger partial charge in [-0.1, -0.05) is 0 Å². The summed E-state index contributed by atoms with van der Waals surface area (Å²) in [4.78, 5) is 24.8. The lowest BCUT2D eigenvalue weighted by molar-refractivity contribution is -0.135. The molecule has 1 aromatic rings. The Morgan fingerprint density at radius 3 is 2.63 bits per heavy atom. The minimum atomic E-state index is 0.156. The highest BCUT2D eigenvalue weighted by atomic mass is 16.5. The Bertz CT molecular complexity index is 473. The molecule has 2 rings (SSSR count). The van der Waals surface area contributed by atoms with E-state index in [-0.39, 0.29) is 5.91 Å². The Morgan fingerprint density at radius 2 is 2.05 bits per heavy atom. The SMILES string of the molecule is Cc1cc(C=O)c(C)n1CCC(=O)N1CCOCC1. The van der Waals surface area contributed by atoms with Crippen molar-refractivity contribution in [1.82, 2.24) is 9.47 Å². The summed E-state index contributed by atoms with van der Waals surface area (Å²) in [7, 11) is 0. The summed E-state index contributed by atoms with van der Waals surface area (Å²) >= 11 is 0. The maximum absolute atomic E-state index is 12.1. The Morgan fingerprint density at radius 1 is 1.37 bits per heavy atom. The molecule has 0 radical (unpaired) electrons. The van der Waals surface area contributed by atoms with Crippen molar-refractivity contribution in [3.8, 4) is 0 Å². The summed E-state index contributed by atoms with van der Waals surface area (Å²) in [6.45, 7) is 7.12. The van der Waals surface area contributed by atoms with Crippen LogP contribution < -0.4 is 0 Å². The van der Waals surface area contributed by atoms with Gasteiger partial charge in [0.1, 0.15) is 0 Å². The lowest BCUT2D eigenvalue weighted by Crippen LogP contribution is -2.41. The van der Waals surface area contributed by atoms with Crippen molar-refractivity contribution in [2.24, 2.45) is 0 Å². The molecule has 1 saturated heterocycles. The fourth-order valence-electron chi connectivity index (χ4n) is 2.47. The summed E-state index contributed by atoms with van der Waals surface area (Å²) in [5, 5.41) is 0. The number of amides is 1. The third kappa shape index (κ3) is 3.04. The number of carbonyl (C=O) groups is 2. The Kier molecular flexibility index (Phi) is 4.37.